The Labute approximate surface area is 143 Å². The number of nitrogens with two attached hydrogens (primary N) is 3. The standard InChI is InChI=1S/C18H27N5O/c1-2-3-4-5-6-7-11-23-16(13-9-8-10-14(19)12-13)15(18(21)24)17(20)22-23/h8-10,12H,2-7,11,19H2,1H3,(H2,20,22)(H2,21,24). The van der Waals surface area contributed by atoms with Crippen LogP contribution in [0.3, 0.4) is 0 Å². The Hall–Kier alpha value is -2.50. The summed E-state index contributed by atoms with van der Waals surface area (Å²) in [5.74, 6) is -0.398. The van der Waals surface area contributed by atoms with Crippen LogP contribution in [0.1, 0.15) is 55.8 Å². The summed E-state index contributed by atoms with van der Waals surface area (Å²) in [6.07, 6.45) is 7.08. The van der Waals surface area contributed by atoms with Crippen LogP contribution in [0.25, 0.3) is 11.3 Å². The minimum atomic E-state index is -0.570. The highest BCUT2D eigenvalue weighted by molar-refractivity contribution is 6.03. The van der Waals surface area contributed by atoms with Gasteiger partial charge in [-0.15, -0.1) is 0 Å². The highest BCUT2D eigenvalue weighted by Gasteiger charge is 2.21. The van der Waals surface area contributed by atoms with E-state index in [2.05, 4.69) is 12.0 Å². The van der Waals surface area contributed by atoms with Crippen molar-refractivity contribution in [3.05, 3.63) is 29.8 Å². The number of hydrogen-bond acceptors (Lipinski definition) is 4. The molecule has 0 aliphatic carbocycles. The summed E-state index contributed by atoms with van der Waals surface area (Å²) in [5.41, 5.74) is 19.7. The Morgan fingerprint density at radius 2 is 1.83 bits per heavy atom. The van der Waals surface area contributed by atoms with Gasteiger partial charge in [0.15, 0.2) is 5.82 Å². The molecule has 0 aliphatic heterocycles. The number of anilines is 2. The van der Waals surface area contributed by atoms with Crippen molar-refractivity contribution in [3.8, 4) is 11.3 Å². The highest BCUT2D eigenvalue weighted by atomic mass is 16.1. The summed E-state index contributed by atoms with van der Waals surface area (Å²) in [6, 6.07) is 7.33. The van der Waals surface area contributed by atoms with Crippen LogP contribution in [-0.2, 0) is 6.54 Å². The lowest BCUT2D eigenvalue weighted by Crippen LogP contribution is -2.14. The largest absolute Gasteiger partial charge is 0.399 e. The van der Waals surface area contributed by atoms with Gasteiger partial charge in [0.2, 0.25) is 0 Å². The van der Waals surface area contributed by atoms with E-state index in [1.165, 1.54) is 25.7 Å². The molecule has 0 unspecified atom stereocenters. The molecule has 6 nitrogen and oxygen atoms in total. The van der Waals surface area contributed by atoms with Gasteiger partial charge < -0.3 is 17.2 Å². The number of unbranched alkanes of at least 4 members (excludes halogenated alkanes) is 5. The fraction of sp³-hybridized carbons (Fsp3) is 0.444. The Bertz CT molecular complexity index is 693. The molecule has 6 N–H and O–H groups in total. The molecule has 1 aromatic heterocycles. The highest BCUT2D eigenvalue weighted by Crippen LogP contribution is 2.29. The van der Waals surface area contributed by atoms with Crippen molar-refractivity contribution in [1.82, 2.24) is 9.78 Å². The molecule has 24 heavy (non-hydrogen) atoms. The van der Waals surface area contributed by atoms with Crippen molar-refractivity contribution >= 4 is 17.4 Å². The monoisotopic (exact) mass is 329 g/mol. The van der Waals surface area contributed by atoms with Crippen LogP contribution in [0.15, 0.2) is 24.3 Å². The van der Waals surface area contributed by atoms with Gasteiger partial charge in [-0.05, 0) is 18.6 Å². The molecule has 6 heteroatoms. The van der Waals surface area contributed by atoms with Gasteiger partial charge in [0.1, 0.15) is 5.56 Å². The average molecular weight is 329 g/mol. The van der Waals surface area contributed by atoms with Gasteiger partial charge in [0, 0.05) is 17.8 Å². The lowest BCUT2D eigenvalue weighted by atomic mass is 10.1. The first kappa shape index (κ1) is 17.8. The van der Waals surface area contributed by atoms with Crippen molar-refractivity contribution < 1.29 is 4.79 Å². The molecule has 2 rings (SSSR count). The Balaban J connectivity index is 2.22. The van der Waals surface area contributed by atoms with E-state index in [0.29, 0.717) is 17.9 Å². The Morgan fingerprint density at radius 3 is 2.50 bits per heavy atom. The molecule has 0 radical (unpaired) electrons. The second kappa shape index (κ2) is 8.38. The van der Waals surface area contributed by atoms with Crippen molar-refractivity contribution in [1.29, 1.82) is 0 Å². The quantitative estimate of drug-likeness (QED) is 0.484. The summed E-state index contributed by atoms with van der Waals surface area (Å²) in [4.78, 5) is 11.8. The van der Waals surface area contributed by atoms with Gasteiger partial charge >= 0.3 is 0 Å². The van der Waals surface area contributed by atoms with Crippen LogP contribution in [0.4, 0.5) is 11.5 Å². The molecule has 0 spiro atoms. The number of amides is 1. The predicted octanol–water partition coefficient (Wildman–Crippen LogP) is 3.17. The molecule has 1 aromatic carbocycles. The molecule has 0 fully saturated rings. The maximum atomic E-state index is 11.8. The van der Waals surface area contributed by atoms with Crippen molar-refractivity contribution in [2.24, 2.45) is 5.73 Å². The molecule has 0 saturated heterocycles. The number of aromatic nitrogens is 2. The summed E-state index contributed by atoms with van der Waals surface area (Å²) < 4.78 is 1.78. The predicted molar refractivity (Wildman–Crippen MR) is 98.4 cm³/mol. The van der Waals surface area contributed by atoms with E-state index < -0.39 is 5.91 Å². The molecule has 1 heterocycles. The van der Waals surface area contributed by atoms with Crippen LogP contribution >= 0.6 is 0 Å². The van der Waals surface area contributed by atoms with Gasteiger partial charge in [-0.3, -0.25) is 9.48 Å². The van der Waals surface area contributed by atoms with Gasteiger partial charge in [0.25, 0.3) is 5.91 Å². The molecular weight excluding hydrogens is 302 g/mol. The minimum Gasteiger partial charge on any atom is -0.399 e. The maximum absolute atomic E-state index is 11.8. The third kappa shape index (κ3) is 4.28. The van der Waals surface area contributed by atoms with Crippen molar-refractivity contribution in [3.63, 3.8) is 0 Å². The zero-order chi connectivity index (χ0) is 17.5. The maximum Gasteiger partial charge on any atom is 0.254 e. The van der Waals surface area contributed by atoms with Crippen LogP contribution in [0.2, 0.25) is 0 Å². The smallest absolute Gasteiger partial charge is 0.254 e. The number of nitrogen functional groups attached to an aromatic ring is 2. The van der Waals surface area contributed by atoms with E-state index in [1.54, 1.807) is 16.8 Å². The topological polar surface area (TPSA) is 113 Å². The zero-order valence-corrected chi connectivity index (χ0v) is 14.3. The van der Waals surface area contributed by atoms with E-state index in [4.69, 9.17) is 17.2 Å². The SMILES string of the molecule is CCCCCCCCn1nc(N)c(C(N)=O)c1-c1cccc(N)c1. The van der Waals surface area contributed by atoms with E-state index in [9.17, 15) is 4.79 Å². The van der Waals surface area contributed by atoms with E-state index in [-0.39, 0.29) is 11.4 Å². The normalized spacial score (nSPS) is 10.9. The van der Waals surface area contributed by atoms with E-state index in [1.807, 2.05) is 12.1 Å². The second-order valence-corrected chi connectivity index (χ2v) is 6.09. The third-order valence-electron chi connectivity index (χ3n) is 4.11. The first-order valence-electron chi connectivity index (χ1n) is 8.56. The van der Waals surface area contributed by atoms with Crippen molar-refractivity contribution in [2.45, 2.75) is 52.0 Å². The zero-order valence-electron chi connectivity index (χ0n) is 14.3. The van der Waals surface area contributed by atoms with Gasteiger partial charge in [-0.25, -0.2) is 0 Å². The first-order chi connectivity index (χ1) is 11.5. The molecule has 1 amide bonds. The summed E-state index contributed by atoms with van der Waals surface area (Å²) in [5, 5.41) is 4.32. The van der Waals surface area contributed by atoms with Crippen LogP contribution in [-0.4, -0.2) is 15.7 Å². The van der Waals surface area contributed by atoms with Gasteiger partial charge in [-0.1, -0.05) is 51.2 Å². The molecule has 2 aromatic rings. The number of carbonyl (C=O) groups is 1. The minimum absolute atomic E-state index is 0.172. The van der Waals surface area contributed by atoms with Gasteiger partial charge in [-0.2, -0.15) is 5.10 Å². The number of rotatable bonds is 9. The molecular formula is C18H27N5O. The number of aryl methyl sites for hydroxylation is 1. The third-order valence-corrected chi connectivity index (χ3v) is 4.11. The number of nitrogens with zero attached hydrogens (tertiary/aromatic N) is 2. The fourth-order valence-electron chi connectivity index (χ4n) is 2.91. The lowest BCUT2D eigenvalue weighted by Gasteiger charge is -2.09. The summed E-state index contributed by atoms with van der Waals surface area (Å²) in [7, 11) is 0. The second-order valence-electron chi connectivity index (χ2n) is 6.09. The molecule has 0 saturated carbocycles. The van der Waals surface area contributed by atoms with Crippen LogP contribution in [0.5, 0.6) is 0 Å². The summed E-state index contributed by atoms with van der Waals surface area (Å²) in [6.45, 7) is 2.91. The molecule has 0 atom stereocenters. The Morgan fingerprint density at radius 1 is 1.12 bits per heavy atom. The van der Waals surface area contributed by atoms with E-state index >= 15 is 0 Å². The number of primary amides is 1. The number of hydrogen-bond donors (Lipinski definition) is 3. The van der Waals surface area contributed by atoms with Crippen molar-refractivity contribution in [2.75, 3.05) is 11.5 Å². The molecule has 130 valence electrons. The average Bonchev–Trinajstić information content (AvgIpc) is 2.87. The Kier molecular flexibility index (Phi) is 6.23. The number of benzene rings is 1. The molecule has 0 bridgehead atoms. The van der Waals surface area contributed by atoms with E-state index in [0.717, 1.165) is 18.4 Å². The van der Waals surface area contributed by atoms with Crippen LogP contribution in [0, 0.1) is 0 Å². The summed E-state index contributed by atoms with van der Waals surface area (Å²) >= 11 is 0. The van der Waals surface area contributed by atoms with Gasteiger partial charge in [0.05, 0.1) is 5.69 Å². The lowest BCUT2D eigenvalue weighted by molar-refractivity contribution is 0.100. The fourth-order valence-corrected chi connectivity index (χ4v) is 2.91. The first-order valence-corrected chi connectivity index (χ1v) is 8.56. The number of carbonyl (C=O) groups excluding carboxylic acids is 1. The molecule has 0 aliphatic rings. The van der Waals surface area contributed by atoms with Crippen LogP contribution < -0.4 is 17.2 Å².